The smallest absolute Gasteiger partial charge is 0.0672 e. The molecule has 3 nitrogen and oxygen atoms in total. The van der Waals surface area contributed by atoms with Gasteiger partial charge in [0.05, 0.1) is 18.6 Å². The summed E-state index contributed by atoms with van der Waals surface area (Å²) in [6.45, 7) is 3.94. The molecule has 0 aromatic carbocycles. The van der Waals surface area contributed by atoms with Crippen LogP contribution in [0.25, 0.3) is 0 Å². The predicted molar refractivity (Wildman–Crippen MR) is 60.3 cm³/mol. The third-order valence-electron chi connectivity index (χ3n) is 3.41. The third-order valence-corrected chi connectivity index (χ3v) is 3.41. The molecule has 1 aliphatic carbocycles. The first-order chi connectivity index (χ1) is 7.33. The molecule has 3 heteroatoms. The van der Waals surface area contributed by atoms with Gasteiger partial charge in [0.1, 0.15) is 0 Å². The van der Waals surface area contributed by atoms with Gasteiger partial charge in [0, 0.05) is 12.6 Å². The lowest BCUT2D eigenvalue weighted by Crippen LogP contribution is -2.41. The van der Waals surface area contributed by atoms with Gasteiger partial charge in [-0.2, -0.15) is 5.26 Å². The van der Waals surface area contributed by atoms with Gasteiger partial charge in [-0.05, 0) is 19.4 Å². The van der Waals surface area contributed by atoms with Crippen LogP contribution in [-0.2, 0) is 0 Å². The third kappa shape index (κ3) is 3.48. The lowest BCUT2D eigenvalue weighted by atomic mass is 9.95. The maximum absolute atomic E-state index is 9.16. The maximum atomic E-state index is 9.16. The van der Waals surface area contributed by atoms with Crippen molar-refractivity contribution < 1.29 is 5.11 Å². The highest BCUT2D eigenvalue weighted by atomic mass is 16.3. The molecule has 0 radical (unpaired) electrons. The van der Waals surface area contributed by atoms with Crippen molar-refractivity contribution in [2.24, 2.45) is 5.92 Å². The van der Waals surface area contributed by atoms with Crippen molar-refractivity contribution in [1.82, 2.24) is 4.90 Å². The first-order valence-electron chi connectivity index (χ1n) is 6.08. The van der Waals surface area contributed by atoms with Crippen LogP contribution in [0.1, 0.15) is 39.0 Å². The van der Waals surface area contributed by atoms with Gasteiger partial charge in [0.25, 0.3) is 0 Å². The molecule has 15 heavy (non-hydrogen) atoms. The molecule has 0 saturated heterocycles. The van der Waals surface area contributed by atoms with E-state index >= 15 is 0 Å². The summed E-state index contributed by atoms with van der Waals surface area (Å²) >= 11 is 0. The van der Waals surface area contributed by atoms with Crippen molar-refractivity contribution in [2.75, 3.05) is 19.7 Å². The van der Waals surface area contributed by atoms with E-state index in [9.17, 15) is 0 Å². The van der Waals surface area contributed by atoms with Crippen LogP contribution < -0.4 is 0 Å². The summed E-state index contributed by atoms with van der Waals surface area (Å²) < 4.78 is 0. The second kappa shape index (κ2) is 6.81. The molecule has 1 N–H and O–H groups in total. The molecule has 0 aromatic rings. The minimum absolute atomic E-state index is 0.166. The summed E-state index contributed by atoms with van der Waals surface area (Å²) in [6, 6.07) is 2.81. The Labute approximate surface area is 92.7 Å². The molecule has 1 fully saturated rings. The minimum atomic E-state index is 0.166. The second-order valence-electron chi connectivity index (χ2n) is 4.29. The van der Waals surface area contributed by atoms with Gasteiger partial charge in [-0.15, -0.1) is 0 Å². The number of aliphatic hydroxyl groups is 1. The van der Waals surface area contributed by atoms with Crippen LogP contribution in [0.15, 0.2) is 0 Å². The van der Waals surface area contributed by atoms with Gasteiger partial charge < -0.3 is 5.11 Å². The Morgan fingerprint density at radius 1 is 1.33 bits per heavy atom. The number of nitrogens with zero attached hydrogens (tertiary/aromatic N) is 2. The molecule has 1 saturated carbocycles. The highest BCUT2D eigenvalue weighted by Crippen LogP contribution is 2.26. The topological polar surface area (TPSA) is 47.3 Å². The number of hydrogen-bond donors (Lipinski definition) is 1. The molecule has 0 heterocycles. The molecule has 0 bridgehead atoms. The Kier molecular flexibility index (Phi) is 5.67. The fraction of sp³-hybridized carbons (Fsp3) is 0.917. The summed E-state index contributed by atoms with van der Waals surface area (Å²) in [6.07, 6.45) is 5.82. The molecule has 2 unspecified atom stereocenters. The van der Waals surface area contributed by atoms with Crippen molar-refractivity contribution in [2.45, 2.75) is 45.1 Å². The fourth-order valence-corrected chi connectivity index (χ4v) is 2.56. The van der Waals surface area contributed by atoms with E-state index < -0.39 is 0 Å². The highest BCUT2D eigenvalue weighted by molar-refractivity contribution is 4.94. The number of nitriles is 1. The molecule has 1 rings (SSSR count). The molecule has 0 spiro atoms. The highest BCUT2D eigenvalue weighted by Gasteiger charge is 2.27. The van der Waals surface area contributed by atoms with Crippen LogP contribution >= 0.6 is 0 Å². The summed E-state index contributed by atoms with van der Waals surface area (Å²) in [5, 5.41) is 18.2. The van der Waals surface area contributed by atoms with Crippen molar-refractivity contribution >= 4 is 0 Å². The zero-order valence-electron chi connectivity index (χ0n) is 9.65. The van der Waals surface area contributed by atoms with Gasteiger partial charge in [-0.25, -0.2) is 0 Å². The van der Waals surface area contributed by atoms with Crippen LogP contribution in [0.5, 0.6) is 0 Å². The molecule has 86 valence electrons. The molecular weight excluding hydrogens is 188 g/mol. The van der Waals surface area contributed by atoms with Crippen molar-refractivity contribution in [3.63, 3.8) is 0 Å². The van der Waals surface area contributed by atoms with E-state index in [1.807, 2.05) is 0 Å². The Bertz CT molecular complexity index is 212. The van der Waals surface area contributed by atoms with E-state index in [1.54, 1.807) is 0 Å². The zero-order valence-corrected chi connectivity index (χ0v) is 9.65. The van der Waals surface area contributed by atoms with Crippen LogP contribution in [0.3, 0.4) is 0 Å². The van der Waals surface area contributed by atoms with Gasteiger partial charge >= 0.3 is 0 Å². The Morgan fingerprint density at radius 2 is 2.07 bits per heavy atom. The largest absolute Gasteiger partial charge is 0.395 e. The Balaban J connectivity index is 2.63. The van der Waals surface area contributed by atoms with Crippen LogP contribution in [0.2, 0.25) is 0 Å². The summed E-state index contributed by atoms with van der Waals surface area (Å²) in [5.74, 6) is 0.166. The summed E-state index contributed by atoms with van der Waals surface area (Å²) in [5.41, 5.74) is 0. The molecule has 0 aromatic heterocycles. The molecule has 0 aliphatic heterocycles. The monoisotopic (exact) mass is 210 g/mol. The van der Waals surface area contributed by atoms with E-state index in [4.69, 9.17) is 10.4 Å². The zero-order chi connectivity index (χ0) is 11.1. The van der Waals surface area contributed by atoms with Crippen LogP contribution in [0.4, 0.5) is 0 Å². The van der Waals surface area contributed by atoms with Crippen LogP contribution in [0, 0.1) is 17.2 Å². The van der Waals surface area contributed by atoms with Gasteiger partial charge in [0.15, 0.2) is 0 Å². The maximum Gasteiger partial charge on any atom is 0.0672 e. The van der Waals surface area contributed by atoms with Crippen molar-refractivity contribution in [1.29, 1.82) is 5.26 Å². The van der Waals surface area contributed by atoms with E-state index in [0.29, 0.717) is 12.6 Å². The van der Waals surface area contributed by atoms with Gasteiger partial charge in [0.2, 0.25) is 0 Å². The average molecular weight is 210 g/mol. The second-order valence-corrected chi connectivity index (χ2v) is 4.29. The molecular formula is C12H22N2O. The van der Waals surface area contributed by atoms with E-state index in [2.05, 4.69) is 17.9 Å². The van der Waals surface area contributed by atoms with E-state index in [0.717, 1.165) is 19.4 Å². The number of likely N-dealkylation sites (N-methyl/N-ethyl adjacent to an activating group) is 1. The van der Waals surface area contributed by atoms with Gasteiger partial charge in [-0.3, -0.25) is 4.90 Å². The predicted octanol–water partition coefficient (Wildman–Crippen LogP) is 1.77. The molecule has 2 atom stereocenters. The fourth-order valence-electron chi connectivity index (χ4n) is 2.56. The normalized spacial score (nSPS) is 27.3. The lowest BCUT2D eigenvalue weighted by molar-refractivity contribution is 0.127. The average Bonchev–Trinajstić information content (AvgIpc) is 2.50. The molecule has 0 amide bonds. The summed E-state index contributed by atoms with van der Waals surface area (Å²) in [4.78, 5) is 2.26. The van der Waals surface area contributed by atoms with Gasteiger partial charge in [-0.1, -0.05) is 26.2 Å². The Hall–Kier alpha value is -0.590. The van der Waals surface area contributed by atoms with Crippen molar-refractivity contribution in [3.8, 4) is 6.07 Å². The van der Waals surface area contributed by atoms with Crippen LogP contribution in [-0.4, -0.2) is 35.7 Å². The van der Waals surface area contributed by atoms with E-state index in [-0.39, 0.29) is 12.5 Å². The standard InChI is InChI=1S/C12H22N2O/c1-2-14(8-9-15)12-7-5-3-4-6-11(12)10-13/h11-12,15H,2-9H2,1H3. The summed E-state index contributed by atoms with van der Waals surface area (Å²) in [7, 11) is 0. The first kappa shape index (κ1) is 12.5. The van der Waals surface area contributed by atoms with E-state index in [1.165, 1.54) is 19.3 Å². The number of rotatable bonds is 4. The Morgan fingerprint density at radius 3 is 2.67 bits per heavy atom. The van der Waals surface area contributed by atoms with Crippen molar-refractivity contribution in [3.05, 3.63) is 0 Å². The lowest BCUT2D eigenvalue weighted by Gasteiger charge is -2.32. The number of aliphatic hydroxyl groups excluding tert-OH is 1. The minimum Gasteiger partial charge on any atom is -0.395 e. The quantitative estimate of drug-likeness (QED) is 0.719. The number of hydrogen-bond acceptors (Lipinski definition) is 3. The molecule has 1 aliphatic rings. The SMILES string of the molecule is CCN(CCO)C1CCCCCC1C#N. The first-order valence-corrected chi connectivity index (χ1v) is 6.08.